The molecule has 0 bridgehead atoms. The van der Waals surface area contributed by atoms with Crippen molar-refractivity contribution in [3.63, 3.8) is 0 Å². The normalized spacial score (nSPS) is 11.1. The largest absolute Gasteiger partial charge is 0.459 e. The van der Waals surface area contributed by atoms with E-state index < -0.39 is 47.0 Å². The minimum absolute atomic E-state index is 0.149. The number of hydrogen-bond acceptors (Lipinski definition) is 4. The smallest absolute Gasteiger partial charge is 0.326 e. The SMILES string of the molecule is CC(C)(C)OC(=O)CN(C(=O)c1c(F)cc(F)cc1F)c1cccc(-c2ccc(C(=O)NCc3ccccc3)cc2)c1. The minimum Gasteiger partial charge on any atom is -0.459 e. The lowest BCUT2D eigenvalue weighted by atomic mass is 10.0. The van der Waals surface area contributed by atoms with Gasteiger partial charge in [0.1, 0.15) is 35.2 Å². The maximum atomic E-state index is 14.6. The fourth-order valence-electron chi connectivity index (χ4n) is 4.21. The molecular formula is C33H29F3N2O4. The van der Waals surface area contributed by atoms with Crippen molar-refractivity contribution in [3.8, 4) is 11.1 Å². The lowest BCUT2D eigenvalue weighted by molar-refractivity contribution is -0.152. The van der Waals surface area contributed by atoms with E-state index >= 15 is 0 Å². The van der Waals surface area contributed by atoms with Crippen LogP contribution in [0.3, 0.4) is 0 Å². The molecule has 0 radical (unpaired) electrons. The van der Waals surface area contributed by atoms with Crippen molar-refractivity contribution < 1.29 is 32.3 Å². The molecule has 0 unspecified atom stereocenters. The third kappa shape index (κ3) is 7.63. The third-order valence-electron chi connectivity index (χ3n) is 6.11. The van der Waals surface area contributed by atoms with Gasteiger partial charge >= 0.3 is 5.97 Å². The second kappa shape index (κ2) is 12.7. The fraction of sp³-hybridized carbons (Fsp3) is 0.182. The molecule has 0 aromatic heterocycles. The van der Waals surface area contributed by atoms with E-state index in [4.69, 9.17) is 4.74 Å². The van der Waals surface area contributed by atoms with Crippen LogP contribution < -0.4 is 10.2 Å². The van der Waals surface area contributed by atoms with Gasteiger partial charge < -0.3 is 10.1 Å². The van der Waals surface area contributed by atoms with Gasteiger partial charge in [0.25, 0.3) is 11.8 Å². The number of halogens is 3. The molecule has 9 heteroatoms. The van der Waals surface area contributed by atoms with Crippen LogP contribution in [0.4, 0.5) is 18.9 Å². The number of amides is 2. The summed E-state index contributed by atoms with van der Waals surface area (Å²) in [5, 5.41) is 2.86. The molecule has 4 aromatic carbocycles. The van der Waals surface area contributed by atoms with Gasteiger partial charge in [-0.25, -0.2) is 13.2 Å². The van der Waals surface area contributed by atoms with E-state index in [1.54, 1.807) is 63.2 Å². The summed E-state index contributed by atoms with van der Waals surface area (Å²) in [6.45, 7) is 4.64. The molecule has 1 N–H and O–H groups in total. The van der Waals surface area contributed by atoms with Crippen molar-refractivity contribution in [2.75, 3.05) is 11.4 Å². The quantitative estimate of drug-likeness (QED) is 0.238. The Morgan fingerprint density at radius 1 is 0.786 bits per heavy atom. The zero-order valence-electron chi connectivity index (χ0n) is 23.3. The zero-order chi connectivity index (χ0) is 30.4. The Hall–Kier alpha value is -4.92. The van der Waals surface area contributed by atoms with E-state index in [1.165, 1.54) is 6.07 Å². The molecular weight excluding hydrogens is 545 g/mol. The molecule has 4 aromatic rings. The Bertz CT molecular complexity index is 1580. The van der Waals surface area contributed by atoms with Crippen molar-refractivity contribution in [2.45, 2.75) is 32.9 Å². The van der Waals surface area contributed by atoms with Crippen LogP contribution in [-0.4, -0.2) is 29.9 Å². The van der Waals surface area contributed by atoms with Crippen LogP contribution >= 0.6 is 0 Å². The molecule has 42 heavy (non-hydrogen) atoms. The number of nitrogens with one attached hydrogen (secondary N) is 1. The van der Waals surface area contributed by atoms with Crippen molar-refractivity contribution in [1.29, 1.82) is 0 Å². The van der Waals surface area contributed by atoms with E-state index in [0.29, 0.717) is 35.4 Å². The van der Waals surface area contributed by atoms with Gasteiger partial charge in [-0.3, -0.25) is 19.3 Å². The Kier molecular flexibility index (Phi) is 9.10. The van der Waals surface area contributed by atoms with Gasteiger partial charge in [0.05, 0.1) is 0 Å². The number of rotatable bonds is 8. The molecule has 4 rings (SSSR count). The molecule has 0 saturated carbocycles. The average Bonchev–Trinajstić information content (AvgIpc) is 2.94. The van der Waals surface area contributed by atoms with Crippen LogP contribution in [0.15, 0.2) is 91.0 Å². The van der Waals surface area contributed by atoms with Crippen molar-refractivity contribution >= 4 is 23.5 Å². The van der Waals surface area contributed by atoms with E-state index in [0.717, 1.165) is 10.5 Å². The summed E-state index contributed by atoms with van der Waals surface area (Å²) in [7, 11) is 0. The molecule has 0 aliphatic carbocycles. The van der Waals surface area contributed by atoms with Crippen LogP contribution in [0.5, 0.6) is 0 Å². The van der Waals surface area contributed by atoms with Gasteiger partial charge in [-0.1, -0.05) is 54.6 Å². The number of anilines is 1. The van der Waals surface area contributed by atoms with Crippen molar-refractivity contribution in [2.24, 2.45) is 0 Å². The van der Waals surface area contributed by atoms with Gasteiger partial charge in [0.2, 0.25) is 0 Å². The first kappa shape index (κ1) is 30.0. The van der Waals surface area contributed by atoms with Crippen molar-refractivity contribution in [1.82, 2.24) is 5.32 Å². The van der Waals surface area contributed by atoms with Crippen LogP contribution in [-0.2, 0) is 16.1 Å². The second-order valence-corrected chi connectivity index (χ2v) is 10.5. The molecule has 216 valence electrons. The van der Waals surface area contributed by atoms with Crippen LogP contribution in [0, 0.1) is 17.5 Å². The summed E-state index contributed by atoms with van der Waals surface area (Å²) in [4.78, 5) is 39.6. The second-order valence-electron chi connectivity index (χ2n) is 10.5. The molecule has 0 aliphatic heterocycles. The van der Waals surface area contributed by atoms with E-state index in [9.17, 15) is 27.6 Å². The topological polar surface area (TPSA) is 75.7 Å². The Labute approximate surface area is 241 Å². The number of ether oxygens (including phenoxy) is 1. The number of esters is 1. The monoisotopic (exact) mass is 574 g/mol. The molecule has 0 fully saturated rings. The Balaban J connectivity index is 1.61. The number of carbonyl (C=O) groups is 3. The standard InChI is InChI=1S/C33H29F3N2O4/c1-33(2,3)42-29(39)20-38(32(41)30-27(35)17-25(34)18-28(30)36)26-11-7-10-24(16-26)22-12-14-23(15-13-22)31(40)37-19-21-8-5-4-6-9-21/h4-18H,19-20H2,1-3H3,(H,37,40). The molecule has 6 nitrogen and oxygen atoms in total. The molecule has 0 heterocycles. The first-order chi connectivity index (χ1) is 19.9. The molecule has 2 amide bonds. The van der Waals surface area contributed by atoms with Crippen LogP contribution in [0.25, 0.3) is 11.1 Å². The average molecular weight is 575 g/mol. The lowest BCUT2D eigenvalue weighted by Crippen LogP contribution is -2.39. The number of hydrogen-bond donors (Lipinski definition) is 1. The van der Waals surface area contributed by atoms with Gasteiger partial charge in [-0.05, 0) is 61.7 Å². The van der Waals surface area contributed by atoms with Gasteiger partial charge in [0, 0.05) is 29.9 Å². The Morgan fingerprint density at radius 2 is 1.43 bits per heavy atom. The van der Waals surface area contributed by atoms with Crippen molar-refractivity contribution in [3.05, 3.63) is 125 Å². The predicted molar refractivity (Wildman–Crippen MR) is 153 cm³/mol. The maximum absolute atomic E-state index is 14.6. The van der Waals surface area contributed by atoms with Crippen LogP contribution in [0.1, 0.15) is 47.1 Å². The lowest BCUT2D eigenvalue weighted by Gasteiger charge is -2.26. The Morgan fingerprint density at radius 3 is 2.05 bits per heavy atom. The van der Waals surface area contributed by atoms with E-state index in [2.05, 4.69) is 5.32 Å². The fourth-order valence-corrected chi connectivity index (χ4v) is 4.21. The highest BCUT2D eigenvalue weighted by atomic mass is 19.1. The van der Waals surface area contributed by atoms with Gasteiger partial charge in [0.15, 0.2) is 0 Å². The summed E-state index contributed by atoms with van der Waals surface area (Å²) in [5.74, 6) is -6.22. The summed E-state index contributed by atoms with van der Waals surface area (Å²) >= 11 is 0. The first-order valence-corrected chi connectivity index (χ1v) is 13.1. The third-order valence-corrected chi connectivity index (χ3v) is 6.11. The van der Waals surface area contributed by atoms with E-state index in [-0.39, 0.29) is 11.6 Å². The van der Waals surface area contributed by atoms with Gasteiger partial charge in [-0.15, -0.1) is 0 Å². The molecule has 0 spiro atoms. The highest BCUT2D eigenvalue weighted by Crippen LogP contribution is 2.28. The predicted octanol–water partition coefficient (Wildman–Crippen LogP) is 6.69. The number of nitrogens with zero attached hydrogens (tertiary/aromatic N) is 1. The zero-order valence-corrected chi connectivity index (χ0v) is 23.3. The number of benzene rings is 4. The van der Waals surface area contributed by atoms with Crippen LogP contribution in [0.2, 0.25) is 0 Å². The first-order valence-electron chi connectivity index (χ1n) is 13.1. The summed E-state index contributed by atoms with van der Waals surface area (Å²) in [6, 6.07) is 23.4. The summed E-state index contributed by atoms with van der Waals surface area (Å²) in [5.41, 5.74) is 0.952. The summed E-state index contributed by atoms with van der Waals surface area (Å²) in [6.07, 6.45) is 0. The molecule has 0 atom stereocenters. The minimum atomic E-state index is -1.40. The summed E-state index contributed by atoms with van der Waals surface area (Å²) < 4.78 is 48.0. The molecule has 0 saturated heterocycles. The number of carbonyl (C=O) groups excluding carboxylic acids is 3. The highest BCUT2D eigenvalue weighted by molar-refractivity contribution is 6.09. The maximum Gasteiger partial charge on any atom is 0.326 e. The van der Waals surface area contributed by atoms with Gasteiger partial charge in [-0.2, -0.15) is 0 Å². The highest BCUT2D eigenvalue weighted by Gasteiger charge is 2.29. The molecule has 0 aliphatic rings. The van der Waals surface area contributed by atoms with E-state index in [1.807, 2.05) is 30.3 Å².